The van der Waals surface area contributed by atoms with Crippen LogP contribution in [0.3, 0.4) is 0 Å². The summed E-state index contributed by atoms with van der Waals surface area (Å²) in [4.78, 5) is 22.6. The van der Waals surface area contributed by atoms with Crippen molar-refractivity contribution in [2.45, 2.75) is 12.8 Å². The van der Waals surface area contributed by atoms with Crippen molar-refractivity contribution < 1.29 is 14.3 Å². The molecule has 4 nitrogen and oxygen atoms in total. The van der Waals surface area contributed by atoms with Gasteiger partial charge in [-0.1, -0.05) is 24.3 Å². The molecule has 0 aliphatic heterocycles. The van der Waals surface area contributed by atoms with E-state index >= 15 is 0 Å². The smallest absolute Gasteiger partial charge is 0.259 e. The molecule has 2 aromatic rings. The minimum atomic E-state index is -0.215. The summed E-state index contributed by atoms with van der Waals surface area (Å²) in [5.41, 5.74) is 2.27. The van der Waals surface area contributed by atoms with Crippen molar-refractivity contribution in [3.63, 3.8) is 0 Å². The van der Waals surface area contributed by atoms with Crippen LogP contribution in [-0.2, 0) is 11.2 Å². The first kappa shape index (κ1) is 14.8. The summed E-state index contributed by atoms with van der Waals surface area (Å²) in [5.74, 6) is 0.325. The highest BCUT2D eigenvalue weighted by atomic mass is 16.5. The molecule has 0 bridgehead atoms. The molecule has 0 heterocycles. The van der Waals surface area contributed by atoms with Crippen molar-refractivity contribution in [3.8, 4) is 5.75 Å². The Morgan fingerprint density at radius 1 is 1.14 bits per heavy atom. The average molecular weight is 283 g/mol. The van der Waals surface area contributed by atoms with Gasteiger partial charge in [-0.15, -0.1) is 0 Å². The Morgan fingerprint density at radius 3 is 2.52 bits per heavy atom. The van der Waals surface area contributed by atoms with E-state index in [1.807, 2.05) is 30.3 Å². The quantitative estimate of drug-likeness (QED) is 0.829. The van der Waals surface area contributed by atoms with E-state index in [-0.39, 0.29) is 5.91 Å². The molecule has 2 aromatic carbocycles. The number of aldehydes is 1. The summed E-state index contributed by atoms with van der Waals surface area (Å²) in [6.07, 6.45) is 2.12. The van der Waals surface area contributed by atoms with Crippen molar-refractivity contribution in [2.75, 3.05) is 12.4 Å². The number of carbonyl (C=O) groups excluding carboxylic acids is 2. The molecule has 21 heavy (non-hydrogen) atoms. The minimum Gasteiger partial charge on any atom is -0.496 e. The molecule has 0 aliphatic rings. The van der Waals surface area contributed by atoms with Gasteiger partial charge in [0.2, 0.25) is 0 Å². The van der Waals surface area contributed by atoms with Gasteiger partial charge in [0.15, 0.2) is 0 Å². The molecule has 2 rings (SSSR count). The summed E-state index contributed by atoms with van der Waals surface area (Å²) >= 11 is 0. The second-order valence-corrected chi connectivity index (χ2v) is 4.56. The second kappa shape index (κ2) is 7.24. The first-order valence-electron chi connectivity index (χ1n) is 6.71. The van der Waals surface area contributed by atoms with E-state index in [2.05, 4.69) is 5.32 Å². The molecule has 1 N–H and O–H groups in total. The first-order valence-corrected chi connectivity index (χ1v) is 6.71. The van der Waals surface area contributed by atoms with Gasteiger partial charge in [-0.2, -0.15) is 0 Å². The molecule has 0 fully saturated rings. The number of aryl methyl sites for hydroxylation is 1. The Hall–Kier alpha value is -2.62. The normalized spacial score (nSPS) is 9.95. The maximum absolute atomic E-state index is 12.2. The van der Waals surface area contributed by atoms with E-state index in [0.717, 1.165) is 11.8 Å². The monoisotopic (exact) mass is 283 g/mol. The number of amides is 1. The highest BCUT2D eigenvalue weighted by Gasteiger charge is 2.11. The van der Waals surface area contributed by atoms with E-state index in [4.69, 9.17) is 4.74 Å². The summed E-state index contributed by atoms with van der Waals surface area (Å²) in [6, 6.07) is 14.5. The second-order valence-electron chi connectivity index (χ2n) is 4.56. The van der Waals surface area contributed by atoms with Gasteiger partial charge < -0.3 is 14.8 Å². The molecule has 0 saturated carbocycles. The van der Waals surface area contributed by atoms with Crippen molar-refractivity contribution in [3.05, 3.63) is 59.7 Å². The number of carbonyl (C=O) groups is 2. The van der Waals surface area contributed by atoms with Crippen LogP contribution in [0, 0.1) is 0 Å². The summed E-state index contributed by atoms with van der Waals surface area (Å²) < 4.78 is 5.17. The lowest BCUT2D eigenvalue weighted by Gasteiger charge is -2.09. The molecule has 0 saturated heterocycles. The Kier molecular flexibility index (Phi) is 5.10. The molecule has 1 amide bonds. The zero-order valence-corrected chi connectivity index (χ0v) is 11.8. The maximum atomic E-state index is 12.2. The first-order chi connectivity index (χ1) is 10.2. The molecule has 0 aromatic heterocycles. The molecule has 4 heteroatoms. The SMILES string of the molecule is COc1ccccc1C(=O)Nc1ccc(CCC=O)cc1. The van der Waals surface area contributed by atoms with Gasteiger partial charge >= 0.3 is 0 Å². The van der Waals surface area contributed by atoms with Gasteiger partial charge in [0.05, 0.1) is 12.7 Å². The zero-order valence-electron chi connectivity index (χ0n) is 11.8. The lowest BCUT2D eigenvalue weighted by molar-refractivity contribution is -0.107. The Morgan fingerprint density at radius 2 is 1.86 bits per heavy atom. The topological polar surface area (TPSA) is 55.4 Å². The molecule has 108 valence electrons. The fourth-order valence-electron chi connectivity index (χ4n) is 2.01. The van der Waals surface area contributed by atoms with Gasteiger partial charge in [0, 0.05) is 12.1 Å². The van der Waals surface area contributed by atoms with E-state index in [1.54, 1.807) is 18.2 Å². The van der Waals surface area contributed by atoms with E-state index in [0.29, 0.717) is 29.8 Å². The lowest BCUT2D eigenvalue weighted by atomic mass is 10.1. The molecule has 0 spiro atoms. The van der Waals surface area contributed by atoms with Crippen LogP contribution in [0.15, 0.2) is 48.5 Å². The number of nitrogens with one attached hydrogen (secondary N) is 1. The summed E-state index contributed by atoms with van der Waals surface area (Å²) in [7, 11) is 1.54. The molecule has 0 atom stereocenters. The van der Waals surface area contributed by atoms with Crippen LogP contribution >= 0.6 is 0 Å². The zero-order chi connectivity index (χ0) is 15.1. The van der Waals surface area contributed by atoms with Gasteiger partial charge in [-0.05, 0) is 36.2 Å². The molecule has 0 aliphatic carbocycles. The van der Waals surface area contributed by atoms with Gasteiger partial charge in [-0.3, -0.25) is 4.79 Å². The number of benzene rings is 2. The van der Waals surface area contributed by atoms with Crippen molar-refractivity contribution in [2.24, 2.45) is 0 Å². The van der Waals surface area contributed by atoms with Crippen LogP contribution < -0.4 is 10.1 Å². The summed E-state index contributed by atoms with van der Waals surface area (Å²) in [5, 5.41) is 2.83. The van der Waals surface area contributed by atoms with Gasteiger partial charge in [0.1, 0.15) is 12.0 Å². The van der Waals surface area contributed by atoms with Gasteiger partial charge in [-0.25, -0.2) is 0 Å². The fraction of sp³-hybridized carbons (Fsp3) is 0.176. The largest absolute Gasteiger partial charge is 0.496 e. The number of methoxy groups -OCH3 is 1. The number of hydrogen-bond donors (Lipinski definition) is 1. The molecular formula is C17H17NO3. The van der Waals surface area contributed by atoms with E-state index < -0.39 is 0 Å². The number of rotatable bonds is 6. The average Bonchev–Trinajstić information content (AvgIpc) is 2.54. The van der Waals surface area contributed by atoms with Crippen molar-refractivity contribution in [1.82, 2.24) is 0 Å². The predicted molar refractivity (Wildman–Crippen MR) is 81.8 cm³/mol. The predicted octanol–water partition coefficient (Wildman–Crippen LogP) is 3.08. The summed E-state index contributed by atoms with van der Waals surface area (Å²) in [6.45, 7) is 0. The lowest BCUT2D eigenvalue weighted by Crippen LogP contribution is -2.13. The van der Waals surface area contributed by atoms with Crippen LogP contribution in [0.2, 0.25) is 0 Å². The Bertz CT molecular complexity index is 620. The highest BCUT2D eigenvalue weighted by Crippen LogP contribution is 2.19. The number of para-hydroxylation sites is 1. The standard InChI is InChI=1S/C17H17NO3/c1-21-16-7-3-2-6-15(16)17(20)18-14-10-8-13(9-11-14)5-4-12-19/h2-3,6-12H,4-5H2,1H3,(H,18,20). The number of hydrogen-bond acceptors (Lipinski definition) is 3. The van der Waals surface area contributed by atoms with Crippen LogP contribution in [-0.4, -0.2) is 19.3 Å². The third kappa shape index (κ3) is 3.92. The van der Waals surface area contributed by atoms with Crippen LogP contribution in [0.4, 0.5) is 5.69 Å². The van der Waals surface area contributed by atoms with Crippen LogP contribution in [0.25, 0.3) is 0 Å². The van der Waals surface area contributed by atoms with Crippen molar-refractivity contribution in [1.29, 1.82) is 0 Å². The number of anilines is 1. The number of ether oxygens (including phenoxy) is 1. The maximum Gasteiger partial charge on any atom is 0.259 e. The highest BCUT2D eigenvalue weighted by molar-refractivity contribution is 6.06. The third-order valence-electron chi connectivity index (χ3n) is 3.11. The Balaban J connectivity index is 2.07. The van der Waals surface area contributed by atoms with Crippen LogP contribution in [0.5, 0.6) is 5.75 Å². The fourth-order valence-corrected chi connectivity index (χ4v) is 2.01. The molecule has 0 radical (unpaired) electrons. The van der Waals surface area contributed by atoms with E-state index in [1.165, 1.54) is 7.11 Å². The minimum absolute atomic E-state index is 0.215. The van der Waals surface area contributed by atoms with Crippen molar-refractivity contribution >= 4 is 17.9 Å². The van der Waals surface area contributed by atoms with Crippen LogP contribution in [0.1, 0.15) is 22.3 Å². The third-order valence-corrected chi connectivity index (χ3v) is 3.11. The van der Waals surface area contributed by atoms with E-state index in [9.17, 15) is 9.59 Å². The molecule has 0 unspecified atom stereocenters. The molecular weight excluding hydrogens is 266 g/mol. The van der Waals surface area contributed by atoms with Gasteiger partial charge in [0.25, 0.3) is 5.91 Å². The Labute approximate surface area is 123 Å².